The largest absolute Gasteiger partial charge is 0.305 e. The summed E-state index contributed by atoms with van der Waals surface area (Å²) in [6, 6.07) is 3.20. The Morgan fingerprint density at radius 3 is 2.68 bits per heavy atom. The third-order valence-corrected chi connectivity index (χ3v) is 2.52. The lowest BCUT2D eigenvalue weighted by Crippen LogP contribution is -2.34. The van der Waals surface area contributed by atoms with E-state index in [-0.39, 0.29) is 11.7 Å². The van der Waals surface area contributed by atoms with E-state index in [9.17, 15) is 9.59 Å². The van der Waals surface area contributed by atoms with Crippen molar-refractivity contribution < 1.29 is 9.59 Å². The van der Waals surface area contributed by atoms with Crippen molar-refractivity contribution in [2.75, 3.05) is 0 Å². The van der Waals surface area contributed by atoms with Crippen molar-refractivity contribution in [1.29, 1.82) is 0 Å². The van der Waals surface area contributed by atoms with Gasteiger partial charge in [-0.05, 0) is 36.8 Å². The molecule has 19 heavy (non-hydrogen) atoms. The fourth-order valence-electron chi connectivity index (χ4n) is 1.52. The minimum atomic E-state index is -0.293. The van der Waals surface area contributed by atoms with E-state index >= 15 is 0 Å². The zero-order valence-corrected chi connectivity index (χ0v) is 10.4. The van der Waals surface area contributed by atoms with Crippen molar-refractivity contribution in [2.24, 2.45) is 0 Å². The lowest BCUT2D eigenvalue weighted by Gasteiger charge is -2.07. The zero-order chi connectivity index (χ0) is 13.7. The van der Waals surface area contributed by atoms with Gasteiger partial charge in [0.2, 0.25) is 0 Å². The molecule has 0 aromatic carbocycles. The molecule has 0 fully saturated rings. The number of allylic oxidation sites excluding steroid dienone is 5. The van der Waals surface area contributed by atoms with Gasteiger partial charge < -0.3 is 5.43 Å². The number of aromatic nitrogens is 1. The Bertz CT molecular complexity index is 586. The normalized spacial score (nSPS) is 16.2. The van der Waals surface area contributed by atoms with Crippen LogP contribution in [0.25, 0.3) is 0 Å². The second kappa shape index (κ2) is 5.77. The number of nitrogens with one attached hydrogen (secondary N) is 2. The van der Waals surface area contributed by atoms with Gasteiger partial charge in [-0.2, -0.15) is 0 Å². The van der Waals surface area contributed by atoms with Crippen molar-refractivity contribution in [1.82, 2.24) is 15.8 Å². The Morgan fingerprint density at radius 1 is 1.26 bits per heavy atom. The number of hydrogen-bond donors (Lipinski definition) is 2. The van der Waals surface area contributed by atoms with Gasteiger partial charge in [0.25, 0.3) is 5.91 Å². The van der Waals surface area contributed by atoms with Crippen LogP contribution in [0.2, 0.25) is 0 Å². The SMILES string of the molecule is CC1=CC(=O)C(=CNNC(=O)c2ccncc2)C=C1. The highest BCUT2D eigenvalue weighted by Gasteiger charge is 2.08. The zero-order valence-electron chi connectivity index (χ0n) is 10.4. The monoisotopic (exact) mass is 255 g/mol. The summed E-state index contributed by atoms with van der Waals surface area (Å²) in [5, 5.41) is 0. The van der Waals surface area contributed by atoms with E-state index < -0.39 is 0 Å². The molecule has 1 heterocycles. The molecule has 0 aliphatic heterocycles. The minimum absolute atomic E-state index is 0.0920. The van der Waals surface area contributed by atoms with Gasteiger partial charge in [-0.15, -0.1) is 0 Å². The molecule has 96 valence electrons. The number of pyridine rings is 1. The smallest absolute Gasteiger partial charge is 0.269 e. The number of amides is 1. The highest BCUT2D eigenvalue weighted by molar-refractivity contribution is 6.07. The molecule has 0 saturated heterocycles. The molecule has 0 bridgehead atoms. The van der Waals surface area contributed by atoms with Gasteiger partial charge in [0.1, 0.15) is 0 Å². The van der Waals surface area contributed by atoms with Crippen molar-refractivity contribution >= 4 is 11.7 Å². The summed E-state index contributed by atoms with van der Waals surface area (Å²) in [5.41, 5.74) is 6.97. The molecular weight excluding hydrogens is 242 g/mol. The molecule has 0 atom stereocenters. The number of carbonyl (C=O) groups is 2. The standard InChI is InChI=1S/C14H13N3O2/c1-10-2-3-12(13(18)8-10)9-16-17-14(19)11-4-6-15-7-5-11/h2-9,16H,1H3,(H,17,19). The van der Waals surface area contributed by atoms with Gasteiger partial charge in [0, 0.05) is 29.7 Å². The Labute approximate surface area is 110 Å². The number of hydrazine groups is 1. The van der Waals surface area contributed by atoms with Gasteiger partial charge in [0.15, 0.2) is 5.78 Å². The van der Waals surface area contributed by atoms with Crippen LogP contribution < -0.4 is 10.9 Å². The van der Waals surface area contributed by atoms with Crippen molar-refractivity contribution in [3.05, 3.63) is 65.7 Å². The van der Waals surface area contributed by atoms with Gasteiger partial charge >= 0.3 is 0 Å². The van der Waals surface area contributed by atoms with Crippen LogP contribution in [0.1, 0.15) is 17.3 Å². The topological polar surface area (TPSA) is 71.1 Å². The second-order valence-electron chi connectivity index (χ2n) is 4.02. The Hall–Kier alpha value is -2.69. The van der Waals surface area contributed by atoms with Crippen LogP contribution in [-0.2, 0) is 4.79 Å². The summed E-state index contributed by atoms with van der Waals surface area (Å²) in [5.74, 6) is -0.385. The number of hydrogen-bond acceptors (Lipinski definition) is 4. The van der Waals surface area contributed by atoms with E-state index in [1.54, 1.807) is 18.2 Å². The van der Waals surface area contributed by atoms with Crippen molar-refractivity contribution in [3.63, 3.8) is 0 Å². The molecule has 1 amide bonds. The quantitative estimate of drug-likeness (QED) is 0.630. The molecule has 2 N–H and O–H groups in total. The van der Waals surface area contributed by atoms with E-state index in [1.807, 2.05) is 13.0 Å². The predicted molar refractivity (Wildman–Crippen MR) is 70.8 cm³/mol. The minimum Gasteiger partial charge on any atom is -0.305 e. The first kappa shape index (κ1) is 12.8. The van der Waals surface area contributed by atoms with E-state index in [2.05, 4.69) is 15.8 Å². The predicted octanol–water partition coefficient (Wildman–Crippen LogP) is 1.29. The van der Waals surface area contributed by atoms with Crippen LogP contribution in [0.5, 0.6) is 0 Å². The molecular formula is C14H13N3O2. The average molecular weight is 255 g/mol. The molecule has 1 aromatic heterocycles. The summed E-state index contributed by atoms with van der Waals surface area (Å²) in [6.07, 6.45) is 9.60. The number of rotatable bonds is 3. The summed E-state index contributed by atoms with van der Waals surface area (Å²) < 4.78 is 0. The summed E-state index contributed by atoms with van der Waals surface area (Å²) >= 11 is 0. The van der Waals surface area contributed by atoms with Gasteiger partial charge in [0.05, 0.1) is 0 Å². The van der Waals surface area contributed by atoms with E-state index in [0.717, 1.165) is 5.57 Å². The van der Waals surface area contributed by atoms with Crippen molar-refractivity contribution in [2.45, 2.75) is 6.92 Å². The van der Waals surface area contributed by atoms with Gasteiger partial charge in [-0.3, -0.25) is 20.0 Å². The maximum atomic E-state index is 11.7. The Balaban J connectivity index is 1.93. The Kier molecular flexibility index (Phi) is 3.87. The van der Waals surface area contributed by atoms with E-state index in [1.165, 1.54) is 24.7 Å². The molecule has 0 saturated carbocycles. The summed E-state index contributed by atoms with van der Waals surface area (Å²) in [6.45, 7) is 1.85. The molecule has 2 rings (SSSR count). The number of ketones is 1. The molecule has 0 radical (unpaired) electrons. The fourth-order valence-corrected chi connectivity index (χ4v) is 1.52. The van der Waals surface area contributed by atoms with Crippen LogP contribution in [-0.4, -0.2) is 16.7 Å². The third kappa shape index (κ3) is 3.38. The molecule has 5 nitrogen and oxygen atoms in total. The summed E-state index contributed by atoms with van der Waals surface area (Å²) in [4.78, 5) is 27.1. The number of carbonyl (C=O) groups excluding carboxylic acids is 2. The van der Waals surface area contributed by atoms with Gasteiger partial charge in [-0.25, -0.2) is 0 Å². The molecule has 1 aliphatic carbocycles. The maximum Gasteiger partial charge on any atom is 0.269 e. The third-order valence-electron chi connectivity index (χ3n) is 2.52. The van der Waals surface area contributed by atoms with Crippen LogP contribution in [0.15, 0.2) is 60.1 Å². The van der Waals surface area contributed by atoms with Crippen LogP contribution in [0.3, 0.4) is 0 Å². The first-order valence-electron chi connectivity index (χ1n) is 5.73. The van der Waals surface area contributed by atoms with Crippen LogP contribution >= 0.6 is 0 Å². The molecule has 1 aromatic rings. The maximum absolute atomic E-state index is 11.7. The van der Waals surface area contributed by atoms with Crippen molar-refractivity contribution in [3.8, 4) is 0 Å². The molecule has 0 spiro atoms. The fraction of sp³-hybridized carbons (Fsp3) is 0.0714. The Morgan fingerprint density at radius 2 is 2.00 bits per heavy atom. The first-order chi connectivity index (χ1) is 9.16. The lowest BCUT2D eigenvalue weighted by molar-refractivity contribution is -0.111. The average Bonchev–Trinajstić information content (AvgIpc) is 2.42. The van der Waals surface area contributed by atoms with E-state index in [4.69, 9.17) is 0 Å². The highest BCUT2D eigenvalue weighted by Crippen LogP contribution is 2.10. The van der Waals surface area contributed by atoms with Crippen LogP contribution in [0, 0.1) is 0 Å². The van der Waals surface area contributed by atoms with E-state index in [0.29, 0.717) is 11.1 Å². The first-order valence-corrected chi connectivity index (χ1v) is 5.73. The van der Waals surface area contributed by atoms with Gasteiger partial charge in [-0.1, -0.05) is 6.08 Å². The summed E-state index contributed by atoms with van der Waals surface area (Å²) in [7, 11) is 0. The second-order valence-corrected chi connectivity index (χ2v) is 4.02. The van der Waals surface area contributed by atoms with Crippen LogP contribution in [0.4, 0.5) is 0 Å². The number of nitrogens with zero attached hydrogens (tertiary/aromatic N) is 1. The lowest BCUT2D eigenvalue weighted by atomic mass is 10.0. The molecule has 5 heteroatoms. The highest BCUT2D eigenvalue weighted by atomic mass is 16.2. The molecule has 1 aliphatic rings. The molecule has 0 unspecified atom stereocenters.